The summed E-state index contributed by atoms with van der Waals surface area (Å²) in [7, 11) is 0. The van der Waals surface area contributed by atoms with Crippen molar-refractivity contribution in [3.05, 3.63) is 111 Å². The van der Waals surface area contributed by atoms with Crippen LogP contribution < -0.4 is 4.80 Å². The van der Waals surface area contributed by atoms with Crippen molar-refractivity contribution in [2.75, 3.05) is 6.54 Å². The molecule has 0 N–H and O–H groups in total. The fourth-order valence-electron chi connectivity index (χ4n) is 3.57. The van der Waals surface area contributed by atoms with Crippen molar-refractivity contribution in [1.29, 1.82) is 0 Å². The van der Waals surface area contributed by atoms with E-state index in [-0.39, 0.29) is 5.82 Å². The molecule has 0 fully saturated rings. The zero-order valence-corrected chi connectivity index (χ0v) is 20.4. The lowest BCUT2D eigenvalue weighted by Gasteiger charge is -2.03. The van der Waals surface area contributed by atoms with E-state index in [4.69, 9.17) is 26.1 Å². The van der Waals surface area contributed by atoms with Gasteiger partial charge in [0, 0.05) is 11.9 Å². The molecule has 3 aromatic heterocycles. The molecular formula is C26H21ClFN5OS. The summed E-state index contributed by atoms with van der Waals surface area (Å²) in [5.41, 5.74) is 4.03. The molecule has 0 aliphatic carbocycles. The van der Waals surface area contributed by atoms with E-state index in [9.17, 15) is 4.39 Å². The number of aryl methyl sites for hydroxylation is 1. The van der Waals surface area contributed by atoms with Crippen LogP contribution in [0, 0.1) is 12.7 Å². The fraction of sp³-hybridized carbons (Fsp3) is 0.115. The molecule has 0 unspecified atom stereocenters. The van der Waals surface area contributed by atoms with E-state index in [2.05, 4.69) is 17.2 Å². The molecule has 2 aromatic carbocycles. The molecule has 0 bridgehead atoms. The van der Waals surface area contributed by atoms with Crippen LogP contribution in [0.25, 0.3) is 17.1 Å². The predicted molar refractivity (Wildman–Crippen MR) is 137 cm³/mol. The standard InChI is InChI=1S/C26H21ClFN5OS/c1-18-22(25(27)32(31-18)21-11-9-20(28)10-12-21)16-30-33-23(24-8-5-15-34-24)17-35-26(33)29-14-13-19-6-3-2-4-7-19/h2-12,15-17H,13-14H2,1H3/b29-26?,30-16+. The Morgan fingerprint density at radius 2 is 1.89 bits per heavy atom. The maximum absolute atomic E-state index is 13.3. The average Bonchev–Trinajstić information content (AvgIpc) is 3.59. The topological polar surface area (TPSA) is 60.6 Å². The van der Waals surface area contributed by atoms with Gasteiger partial charge in [-0.15, -0.1) is 11.3 Å². The van der Waals surface area contributed by atoms with Crippen LogP contribution >= 0.6 is 22.9 Å². The molecule has 0 saturated heterocycles. The summed E-state index contributed by atoms with van der Waals surface area (Å²) in [6.45, 7) is 2.48. The number of nitrogens with zero attached hydrogens (tertiary/aromatic N) is 5. The molecule has 9 heteroatoms. The van der Waals surface area contributed by atoms with E-state index >= 15 is 0 Å². The number of hydrogen-bond donors (Lipinski definition) is 0. The fourth-order valence-corrected chi connectivity index (χ4v) is 4.73. The monoisotopic (exact) mass is 505 g/mol. The highest BCUT2D eigenvalue weighted by Crippen LogP contribution is 2.24. The van der Waals surface area contributed by atoms with E-state index in [1.54, 1.807) is 34.0 Å². The summed E-state index contributed by atoms with van der Waals surface area (Å²) in [6, 6.07) is 19.9. The van der Waals surface area contributed by atoms with E-state index in [0.29, 0.717) is 34.4 Å². The Morgan fingerprint density at radius 1 is 1.09 bits per heavy atom. The van der Waals surface area contributed by atoms with Gasteiger partial charge < -0.3 is 4.42 Å². The number of rotatable bonds is 7. The number of aromatic nitrogens is 3. The molecule has 3 heterocycles. The summed E-state index contributed by atoms with van der Waals surface area (Å²) in [5.74, 6) is 0.367. The summed E-state index contributed by atoms with van der Waals surface area (Å²) >= 11 is 8.13. The largest absolute Gasteiger partial charge is 0.463 e. The van der Waals surface area contributed by atoms with Crippen molar-refractivity contribution in [3.8, 4) is 17.1 Å². The van der Waals surface area contributed by atoms with Gasteiger partial charge in [0.1, 0.15) is 16.7 Å². The van der Waals surface area contributed by atoms with E-state index in [0.717, 1.165) is 16.9 Å². The second-order valence-corrected chi connectivity index (χ2v) is 8.93. The lowest BCUT2D eigenvalue weighted by Crippen LogP contribution is -2.13. The molecule has 5 rings (SSSR count). The van der Waals surface area contributed by atoms with Crippen LogP contribution in [0.3, 0.4) is 0 Å². The van der Waals surface area contributed by atoms with Gasteiger partial charge in [-0.05, 0) is 55.3 Å². The summed E-state index contributed by atoms with van der Waals surface area (Å²) in [6.07, 6.45) is 4.12. The smallest absolute Gasteiger partial charge is 0.206 e. The molecule has 0 aliphatic heterocycles. The first-order chi connectivity index (χ1) is 17.1. The zero-order chi connectivity index (χ0) is 24.2. The third kappa shape index (κ3) is 5.03. The summed E-state index contributed by atoms with van der Waals surface area (Å²) in [5, 5.41) is 11.6. The normalized spacial score (nSPS) is 12.1. The first-order valence-corrected chi connectivity index (χ1v) is 12.2. The van der Waals surface area contributed by atoms with Crippen molar-refractivity contribution < 1.29 is 8.81 Å². The average molecular weight is 506 g/mol. The number of benzene rings is 2. The molecule has 0 spiro atoms. The van der Waals surface area contributed by atoms with E-state index in [1.807, 2.05) is 42.6 Å². The summed E-state index contributed by atoms with van der Waals surface area (Å²) in [4.78, 5) is 5.53. The van der Waals surface area contributed by atoms with Crippen molar-refractivity contribution in [2.45, 2.75) is 13.3 Å². The predicted octanol–water partition coefficient (Wildman–Crippen LogP) is 6.12. The van der Waals surface area contributed by atoms with Crippen LogP contribution in [0.4, 0.5) is 4.39 Å². The number of furan rings is 1. The Kier molecular flexibility index (Phi) is 6.74. The molecule has 6 nitrogen and oxygen atoms in total. The third-order valence-corrected chi connectivity index (χ3v) is 6.59. The number of hydrogen-bond acceptors (Lipinski definition) is 5. The van der Waals surface area contributed by atoms with Crippen molar-refractivity contribution in [1.82, 2.24) is 14.5 Å². The van der Waals surface area contributed by atoms with Crippen LogP contribution in [0.1, 0.15) is 16.8 Å². The minimum Gasteiger partial charge on any atom is -0.463 e. The van der Waals surface area contributed by atoms with Crippen molar-refractivity contribution in [3.63, 3.8) is 0 Å². The Labute approximate surface area is 210 Å². The van der Waals surface area contributed by atoms with Gasteiger partial charge in [0.05, 0.1) is 29.4 Å². The Hall–Kier alpha value is -3.75. The SMILES string of the molecule is Cc1nn(-c2ccc(F)cc2)c(Cl)c1/C=N/n1c(-c2ccco2)csc1=NCCc1ccccc1. The van der Waals surface area contributed by atoms with Gasteiger partial charge in [0.25, 0.3) is 0 Å². The minimum absolute atomic E-state index is 0.321. The van der Waals surface area contributed by atoms with Crippen LogP contribution in [-0.2, 0) is 6.42 Å². The third-order valence-electron chi connectivity index (χ3n) is 5.37. The second-order valence-electron chi connectivity index (χ2n) is 7.73. The lowest BCUT2D eigenvalue weighted by molar-refractivity contribution is 0.575. The molecule has 0 atom stereocenters. The molecule has 0 aliphatic rings. The van der Waals surface area contributed by atoms with Crippen molar-refractivity contribution in [2.24, 2.45) is 10.1 Å². The van der Waals surface area contributed by atoms with Crippen LogP contribution in [0.2, 0.25) is 5.15 Å². The Bertz CT molecular complexity index is 1520. The van der Waals surface area contributed by atoms with Gasteiger partial charge in [-0.3, -0.25) is 4.99 Å². The molecule has 5 aromatic rings. The molecule has 35 heavy (non-hydrogen) atoms. The maximum Gasteiger partial charge on any atom is 0.206 e. The number of thiazole rings is 1. The van der Waals surface area contributed by atoms with Crippen LogP contribution in [-0.4, -0.2) is 27.2 Å². The second kappa shape index (κ2) is 10.2. The molecule has 176 valence electrons. The molecule has 0 amide bonds. The quantitative estimate of drug-likeness (QED) is 0.250. The number of halogens is 2. The highest BCUT2D eigenvalue weighted by atomic mass is 35.5. The van der Waals surface area contributed by atoms with Crippen LogP contribution in [0.15, 0.2) is 92.9 Å². The highest BCUT2D eigenvalue weighted by Gasteiger charge is 2.15. The molecule has 0 saturated carbocycles. The Morgan fingerprint density at radius 3 is 2.63 bits per heavy atom. The van der Waals surface area contributed by atoms with Crippen LogP contribution in [0.5, 0.6) is 0 Å². The lowest BCUT2D eigenvalue weighted by atomic mass is 10.2. The first kappa shape index (κ1) is 23.0. The van der Waals surface area contributed by atoms with Gasteiger partial charge in [0.15, 0.2) is 5.76 Å². The first-order valence-electron chi connectivity index (χ1n) is 10.9. The molecular weight excluding hydrogens is 485 g/mol. The summed E-state index contributed by atoms with van der Waals surface area (Å²) < 4.78 is 22.3. The zero-order valence-electron chi connectivity index (χ0n) is 18.8. The van der Waals surface area contributed by atoms with Gasteiger partial charge in [-0.1, -0.05) is 41.9 Å². The van der Waals surface area contributed by atoms with Gasteiger partial charge in [-0.25, -0.2) is 13.7 Å². The van der Waals surface area contributed by atoms with Crippen molar-refractivity contribution >= 4 is 29.2 Å². The van der Waals surface area contributed by atoms with E-state index in [1.165, 1.54) is 29.0 Å². The molecule has 0 radical (unpaired) electrons. The van der Waals surface area contributed by atoms with Gasteiger partial charge in [-0.2, -0.15) is 10.2 Å². The maximum atomic E-state index is 13.3. The van der Waals surface area contributed by atoms with E-state index < -0.39 is 0 Å². The Balaban J connectivity index is 1.49. The van der Waals surface area contributed by atoms with Gasteiger partial charge >= 0.3 is 0 Å². The highest BCUT2D eigenvalue weighted by molar-refractivity contribution is 7.07. The minimum atomic E-state index is -0.321. The van der Waals surface area contributed by atoms with Gasteiger partial charge in [0.2, 0.25) is 4.80 Å².